The summed E-state index contributed by atoms with van der Waals surface area (Å²) in [4.78, 5) is 2.37. The maximum atomic E-state index is 9.54. The lowest BCUT2D eigenvalue weighted by atomic mass is 10.1. The Hall–Kier alpha value is -2.57. The van der Waals surface area contributed by atoms with Crippen LogP contribution in [0.4, 0.5) is 5.00 Å². The van der Waals surface area contributed by atoms with Gasteiger partial charge in [0.15, 0.2) is 0 Å². The van der Waals surface area contributed by atoms with Crippen molar-refractivity contribution in [1.29, 1.82) is 5.26 Å². The number of nitrogens with zero attached hydrogens (tertiary/aromatic N) is 2. The number of thiophene rings is 1. The molecule has 0 unspecified atom stereocenters. The fraction of sp³-hybridized carbons (Fsp3) is 0.227. The van der Waals surface area contributed by atoms with Crippen LogP contribution in [0.2, 0.25) is 0 Å². The first-order valence-electron chi connectivity index (χ1n) is 8.59. The molecule has 0 amide bonds. The second kappa shape index (κ2) is 8.50. The van der Waals surface area contributed by atoms with Crippen molar-refractivity contribution in [2.24, 2.45) is 0 Å². The van der Waals surface area contributed by atoms with Gasteiger partial charge < -0.3 is 4.90 Å². The second-order valence-corrected chi connectivity index (χ2v) is 7.03. The van der Waals surface area contributed by atoms with Crippen LogP contribution in [0.1, 0.15) is 22.3 Å². The van der Waals surface area contributed by atoms with Gasteiger partial charge in [0.05, 0.1) is 5.56 Å². The number of benzene rings is 2. The monoisotopic (exact) mass is 346 g/mol. The Labute approximate surface area is 154 Å². The Kier molecular flexibility index (Phi) is 5.87. The van der Waals surface area contributed by atoms with Crippen LogP contribution in [0.5, 0.6) is 0 Å². The first-order chi connectivity index (χ1) is 12.3. The van der Waals surface area contributed by atoms with Crippen molar-refractivity contribution in [3.05, 3.63) is 88.3 Å². The predicted molar refractivity (Wildman–Crippen MR) is 106 cm³/mol. The molecular weight excluding hydrogens is 324 g/mol. The van der Waals surface area contributed by atoms with E-state index in [2.05, 4.69) is 64.9 Å². The van der Waals surface area contributed by atoms with Crippen LogP contribution in [-0.2, 0) is 12.8 Å². The molecule has 0 fully saturated rings. The highest BCUT2D eigenvalue weighted by molar-refractivity contribution is 7.14. The van der Waals surface area contributed by atoms with E-state index >= 15 is 0 Å². The highest BCUT2D eigenvalue weighted by Gasteiger charge is 2.15. The summed E-state index contributed by atoms with van der Waals surface area (Å²) in [6.45, 7) is 3.86. The van der Waals surface area contributed by atoms with E-state index < -0.39 is 0 Å². The van der Waals surface area contributed by atoms with E-state index in [0.717, 1.165) is 42.1 Å². The Morgan fingerprint density at radius 3 is 1.88 bits per heavy atom. The summed E-state index contributed by atoms with van der Waals surface area (Å²) in [5, 5.41) is 12.7. The third-order valence-electron chi connectivity index (χ3n) is 4.38. The van der Waals surface area contributed by atoms with Gasteiger partial charge in [0, 0.05) is 13.1 Å². The fourth-order valence-corrected chi connectivity index (χ4v) is 3.99. The van der Waals surface area contributed by atoms with E-state index in [1.54, 1.807) is 11.3 Å². The van der Waals surface area contributed by atoms with Gasteiger partial charge >= 0.3 is 0 Å². The number of aryl methyl sites for hydroxylation is 1. The molecule has 0 bridgehead atoms. The molecule has 0 saturated carbocycles. The van der Waals surface area contributed by atoms with Crippen molar-refractivity contribution in [3.63, 3.8) is 0 Å². The Balaban J connectivity index is 1.76. The van der Waals surface area contributed by atoms with Crippen molar-refractivity contribution in [2.45, 2.75) is 19.8 Å². The molecule has 2 nitrogen and oxygen atoms in total. The Morgan fingerprint density at radius 2 is 1.40 bits per heavy atom. The lowest BCUT2D eigenvalue weighted by Crippen LogP contribution is -2.28. The minimum absolute atomic E-state index is 0.825. The number of rotatable bonds is 7. The maximum absolute atomic E-state index is 9.54. The molecule has 3 aromatic rings. The van der Waals surface area contributed by atoms with Crippen molar-refractivity contribution in [2.75, 3.05) is 18.0 Å². The van der Waals surface area contributed by atoms with Gasteiger partial charge in [0.1, 0.15) is 11.1 Å². The van der Waals surface area contributed by atoms with Crippen LogP contribution in [0.25, 0.3) is 0 Å². The van der Waals surface area contributed by atoms with E-state index in [1.807, 2.05) is 19.1 Å². The van der Waals surface area contributed by atoms with Crippen LogP contribution in [0.3, 0.4) is 0 Å². The van der Waals surface area contributed by atoms with Crippen LogP contribution in [0.15, 0.2) is 66.0 Å². The molecule has 3 rings (SSSR count). The van der Waals surface area contributed by atoms with Crippen LogP contribution in [-0.4, -0.2) is 13.1 Å². The lowest BCUT2D eigenvalue weighted by Gasteiger charge is -2.24. The quantitative estimate of drug-likeness (QED) is 0.586. The van der Waals surface area contributed by atoms with Gasteiger partial charge in [-0.3, -0.25) is 0 Å². The first kappa shape index (κ1) is 17.3. The van der Waals surface area contributed by atoms with Gasteiger partial charge in [-0.15, -0.1) is 11.3 Å². The Morgan fingerprint density at radius 1 is 0.880 bits per heavy atom. The minimum Gasteiger partial charge on any atom is -0.362 e. The van der Waals surface area contributed by atoms with E-state index in [1.165, 1.54) is 11.1 Å². The van der Waals surface area contributed by atoms with Gasteiger partial charge in [-0.2, -0.15) is 5.26 Å². The standard InChI is InChI=1S/C22H22N2S/c1-18-17-25-22(21(18)16-23)24(14-12-19-8-4-2-5-9-19)15-13-20-10-6-3-7-11-20/h2-11,17H,12-15H2,1H3. The van der Waals surface area contributed by atoms with E-state index in [-0.39, 0.29) is 0 Å². The summed E-state index contributed by atoms with van der Waals surface area (Å²) >= 11 is 1.68. The van der Waals surface area contributed by atoms with E-state index in [0.29, 0.717) is 0 Å². The zero-order chi connectivity index (χ0) is 17.5. The van der Waals surface area contributed by atoms with Gasteiger partial charge in [-0.05, 0) is 41.8 Å². The SMILES string of the molecule is Cc1csc(N(CCc2ccccc2)CCc2ccccc2)c1C#N. The van der Waals surface area contributed by atoms with Crippen molar-refractivity contribution in [1.82, 2.24) is 0 Å². The molecule has 0 spiro atoms. The molecule has 0 N–H and O–H groups in total. The molecule has 0 aliphatic carbocycles. The van der Waals surface area contributed by atoms with Crippen LogP contribution >= 0.6 is 11.3 Å². The van der Waals surface area contributed by atoms with Gasteiger partial charge in [0.25, 0.3) is 0 Å². The zero-order valence-electron chi connectivity index (χ0n) is 14.5. The molecule has 126 valence electrons. The molecule has 1 aromatic heterocycles. The minimum atomic E-state index is 0.825. The topological polar surface area (TPSA) is 27.0 Å². The number of hydrogen-bond donors (Lipinski definition) is 0. The van der Waals surface area contributed by atoms with E-state index in [9.17, 15) is 5.26 Å². The first-order valence-corrected chi connectivity index (χ1v) is 9.47. The number of nitriles is 1. The van der Waals surface area contributed by atoms with Gasteiger partial charge in [-0.25, -0.2) is 0 Å². The summed E-state index contributed by atoms with van der Waals surface area (Å²) in [6, 6.07) is 23.5. The lowest BCUT2D eigenvalue weighted by molar-refractivity contribution is 0.774. The maximum Gasteiger partial charge on any atom is 0.109 e. The fourth-order valence-electron chi connectivity index (χ4n) is 2.93. The summed E-state index contributed by atoms with van der Waals surface area (Å²) in [6.07, 6.45) is 1.97. The predicted octanol–water partition coefficient (Wildman–Crippen LogP) is 5.22. The van der Waals surface area contributed by atoms with Crippen molar-refractivity contribution in [3.8, 4) is 6.07 Å². The average molecular weight is 346 g/mol. The Bertz CT molecular complexity index is 788. The molecule has 2 aromatic carbocycles. The highest BCUT2D eigenvalue weighted by Crippen LogP contribution is 2.31. The molecule has 3 heteroatoms. The molecule has 1 heterocycles. The third-order valence-corrected chi connectivity index (χ3v) is 5.54. The van der Waals surface area contributed by atoms with E-state index in [4.69, 9.17) is 0 Å². The smallest absolute Gasteiger partial charge is 0.109 e. The molecule has 0 saturated heterocycles. The number of anilines is 1. The summed E-state index contributed by atoms with van der Waals surface area (Å²) in [5.74, 6) is 0. The second-order valence-electron chi connectivity index (χ2n) is 6.17. The zero-order valence-corrected chi connectivity index (χ0v) is 15.3. The van der Waals surface area contributed by atoms with Crippen LogP contribution in [0, 0.1) is 18.3 Å². The molecule has 0 radical (unpaired) electrons. The van der Waals surface area contributed by atoms with Crippen molar-refractivity contribution < 1.29 is 0 Å². The molecule has 0 aliphatic rings. The molecule has 0 aliphatic heterocycles. The summed E-state index contributed by atoms with van der Waals surface area (Å²) in [5.41, 5.74) is 4.57. The molecular formula is C22H22N2S. The average Bonchev–Trinajstić information content (AvgIpc) is 3.04. The summed E-state index contributed by atoms with van der Waals surface area (Å²) < 4.78 is 0. The normalized spacial score (nSPS) is 10.4. The van der Waals surface area contributed by atoms with Gasteiger partial charge in [0.2, 0.25) is 0 Å². The van der Waals surface area contributed by atoms with Crippen molar-refractivity contribution >= 4 is 16.3 Å². The van der Waals surface area contributed by atoms with Gasteiger partial charge in [-0.1, -0.05) is 60.7 Å². The largest absolute Gasteiger partial charge is 0.362 e. The molecule has 25 heavy (non-hydrogen) atoms. The molecule has 0 atom stereocenters. The third kappa shape index (κ3) is 4.49. The summed E-state index contributed by atoms with van der Waals surface area (Å²) in [7, 11) is 0. The highest BCUT2D eigenvalue weighted by atomic mass is 32.1. The number of hydrogen-bond acceptors (Lipinski definition) is 3. The van der Waals surface area contributed by atoms with Crippen LogP contribution < -0.4 is 4.90 Å².